The number of aryl methyl sites for hydroxylation is 1. The highest BCUT2D eigenvalue weighted by molar-refractivity contribution is 5.30. The van der Waals surface area contributed by atoms with Crippen LogP contribution >= 0.6 is 0 Å². The monoisotopic (exact) mass is 271 g/mol. The van der Waals surface area contributed by atoms with Gasteiger partial charge in [0.15, 0.2) is 0 Å². The second-order valence-corrected chi connectivity index (χ2v) is 5.28. The quantitative estimate of drug-likeness (QED) is 0.875. The molecule has 20 heavy (non-hydrogen) atoms. The van der Waals surface area contributed by atoms with Crippen LogP contribution in [0.2, 0.25) is 0 Å². The van der Waals surface area contributed by atoms with E-state index in [1.807, 2.05) is 7.05 Å². The lowest BCUT2D eigenvalue weighted by atomic mass is 10.0. The SMILES string of the molecule is CCc1c(C)nn(Cc2ccccc2CCNC)c1C. The van der Waals surface area contributed by atoms with Gasteiger partial charge in [0.05, 0.1) is 12.2 Å². The summed E-state index contributed by atoms with van der Waals surface area (Å²) in [6.07, 6.45) is 2.12. The molecule has 1 N–H and O–H groups in total. The van der Waals surface area contributed by atoms with Gasteiger partial charge in [-0.05, 0) is 57.0 Å². The van der Waals surface area contributed by atoms with Crippen molar-refractivity contribution in [3.05, 3.63) is 52.3 Å². The van der Waals surface area contributed by atoms with Gasteiger partial charge in [-0.15, -0.1) is 0 Å². The first-order valence-corrected chi connectivity index (χ1v) is 7.41. The topological polar surface area (TPSA) is 29.9 Å². The minimum atomic E-state index is 0.868. The summed E-state index contributed by atoms with van der Waals surface area (Å²) in [6.45, 7) is 8.35. The van der Waals surface area contributed by atoms with Crippen molar-refractivity contribution in [2.45, 2.75) is 40.2 Å². The van der Waals surface area contributed by atoms with Crippen molar-refractivity contribution in [1.82, 2.24) is 15.1 Å². The zero-order valence-electron chi connectivity index (χ0n) is 13.0. The van der Waals surface area contributed by atoms with Gasteiger partial charge >= 0.3 is 0 Å². The van der Waals surface area contributed by atoms with Gasteiger partial charge in [0.1, 0.15) is 0 Å². The molecule has 0 radical (unpaired) electrons. The molecule has 2 aromatic rings. The maximum atomic E-state index is 4.70. The van der Waals surface area contributed by atoms with E-state index in [-0.39, 0.29) is 0 Å². The fraction of sp³-hybridized carbons (Fsp3) is 0.471. The Balaban J connectivity index is 2.26. The summed E-state index contributed by atoms with van der Waals surface area (Å²) in [7, 11) is 2.00. The number of rotatable bonds is 6. The largest absolute Gasteiger partial charge is 0.319 e. The maximum Gasteiger partial charge on any atom is 0.0665 e. The van der Waals surface area contributed by atoms with Crippen LogP contribution in [0.25, 0.3) is 0 Å². The minimum absolute atomic E-state index is 0.868. The number of likely N-dealkylation sites (N-methyl/N-ethyl adjacent to an activating group) is 1. The van der Waals surface area contributed by atoms with Crippen LogP contribution in [0.15, 0.2) is 24.3 Å². The molecule has 0 atom stereocenters. The molecule has 0 fully saturated rings. The van der Waals surface area contributed by atoms with E-state index in [2.05, 4.69) is 55.0 Å². The zero-order chi connectivity index (χ0) is 14.5. The molecule has 1 aromatic heterocycles. The van der Waals surface area contributed by atoms with Gasteiger partial charge in [-0.3, -0.25) is 4.68 Å². The van der Waals surface area contributed by atoms with Crippen molar-refractivity contribution in [2.24, 2.45) is 0 Å². The van der Waals surface area contributed by atoms with Gasteiger partial charge in [-0.25, -0.2) is 0 Å². The summed E-state index contributed by atoms with van der Waals surface area (Å²) in [5.74, 6) is 0. The Morgan fingerprint density at radius 3 is 2.45 bits per heavy atom. The van der Waals surface area contributed by atoms with E-state index >= 15 is 0 Å². The van der Waals surface area contributed by atoms with E-state index < -0.39 is 0 Å². The average molecular weight is 271 g/mol. The summed E-state index contributed by atoms with van der Waals surface area (Å²) < 4.78 is 2.15. The molecule has 0 aliphatic rings. The molecule has 3 nitrogen and oxygen atoms in total. The maximum absolute atomic E-state index is 4.70. The van der Waals surface area contributed by atoms with Crippen molar-refractivity contribution in [2.75, 3.05) is 13.6 Å². The van der Waals surface area contributed by atoms with E-state index in [1.165, 1.54) is 22.4 Å². The molecule has 0 bridgehead atoms. The molecule has 0 aliphatic heterocycles. The third-order valence-corrected chi connectivity index (χ3v) is 3.97. The molecular weight excluding hydrogens is 246 g/mol. The third kappa shape index (κ3) is 3.10. The van der Waals surface area contributed by atoms with E-state index in [4.69, 9.17) is 5.10 Å². The van der Waals surface area contributed by atoms with Crippen LogP contribution in [0.4, 0.5) is 0 Å². The smallest absolute Gasteiger partial charge is 0.0665 e. The van der Waals surface area contributed by atoms with Crippen molar-refractivity contribution in [3.8, 4) is 0 Å². The standard InChI is InChI=1S/C17H25N3/c1-5-17-13(2)19-20(14(17)3)12-16-9-7-6-8-15(16)10-11-18-4/h6-9,18H,5,10-12H2,1-4H3. The summed E-state index contributed by atoms with van der Waals surface area (Å²) in [5.41, 5.74) is 6.63. The Hall–Kier alpha value is -1.61. The first kappa shape index (κ1) is 14.8. The first-order valence-electron chi connectivity index (χ1n) is 7.41. The van der Waals surface area contributed by atoms with E-state index in [0.717, 1.165) is 31.6 Å². The highest BCUT2D eigenvalue weighted by Crippen LogP contribution is 2.17. The Morgan fingerprint density at radius 1 is 1.15 bits per heavy atom. The van der Waals surface area contributed by atoms with E-state index in [1.54, 1.807) is 0 Å². The predicted molar refractivity (Wildman–Crippen MR) is 84.3 cm³/mol. The summed E-state index contributed by atoms with van der Waals surface area (Å²) in [6, 6.07) is 8.67. The molecule has 1 heterocycles. The minimum Gasteiger partial charge on any atom is -0.319 e. The van der Waals surface area contributed by atoms with Gasteiger partial charge in [0.2, 0.25) is 0 Å². The van der Waals surface area contributed by atoms with Gasteiger partial charge < -0.3 is 5.32 Å². The second-order valence-electron chi connectivity index (χ2n) is 5.28. The number of nitrogens with zero attached hydrogens (tertiary/aromatic N) is 2. The van der Waals surface area contributed by atoms with E-state index in [9.17, 15) is 0 Å². The predicted octanol–water partition coefficient (Wildman–Crippen LogP) is 2.87. The highest BCUT2D eigenvalue weighted by Gasteiger charge is 2.11. The lowest BCUT2D eigenvalue weighted by Gasteiger charge is -2.11. The molecule has 0 saturated carbocycles. The molecule has 0 amide bonds. The van der Waals surface area contributed by atoms with Crippen LogP contribution in [0.1, 0.15) is 35.0 Å². The highest BCUT2D eigenvalue weighted by atomic mass is 15.3. The van der Waals surface area contributed by atoms with Gasteiger partial charge in [0.25, 0.3) is 0 Å². The average Bonchev–Trinajstić information content (AvgIpc) is 2.72. The van der Waals surface area contributed by atoms with Gasteiger partial charge in [-0.2, -0.15) is 5.10 Å². The zero-order valence-corrected chi connectivity index (χ0v) is 13.0. The van der Waals surface area contributed by atoms with Crippen molar-refractivity contribution in [1.29, 1.82) is 0 Å². The Kier molecular flexibility index (Phi) is 4.96. The van der Waals surface area contributed by atoms with Crippen LogP contribution in [0.3, 0.4) is 0 Å². The van der Waals surface area contributed by atoms with Gasteiger partial charge in [0, 0.05) is 5.69 Å². The Morgan fingerprint density at radius 2 is 1.85 bits per heavy atom. The van der Waals surface area contributed by atoms with Crippen LogP contribution in [-0.2, 0) is 19.4 Å². The van der Waals surface area contributed by atoms with Gasteiger partial charge in [-0.1, -0.05) is 31.2 Å². The Labute approximate surface area is 122 Å². The number of nitrogens with one attached hydrogen (secondary N) is 1. The molecule has 1 aromatic carbocycles. The molecule has 0 saturated heterocycles. The summed E-state index contributed by atoms with van der Waals surface area (Å²) in [4.78, 5) is 0. The van der Waals surface area contributed by atoms with Crippen molar-refractivity contribution in [3.63, 3.8) is 0 Å². The fourth-order valence-electron chi connectivity index (χ4n) is 2.78. The number of benzene rings is 1. The molecule has 0 spiro atoms. The molecule has 3 heteroatoms. The fourth-order valence-corrected chi connectivity index (χ4v) is 2.78. The lowest BCUT2D eigenvalue weighted by molar-refractivity contribution is 0.651. The van der Waals surface area contributed by atoms with Crippen LogP contribution < -0.4 is 5.32 Å². The van der Waals surface area contributed by atoms with E-state index in [0.29, 0.717) is 0 Å². The number of hydrogen-bond acceptors (Lipinski definition) is 2. The number of aromatic nitrogens is 2. The molecule has 108 valence electrons. The Bertz CT molecular complexity index is 570. The second kappa shape index (κ2) is 6.71. The number of hydrogen-bond donors (Lipinski definition) is 1. The van der Waals surface area contributed by atoms with Crippen molar-refractivity contribution >= 4 is 0 Å². The van der Waals surface area contributed by atoms with Crippen LogP contribution in [0.5, 0.6) is 0 Å². The molecule has 2 rings (SSSR count). The van der Waals surface area contributed by atoms with Crippen LogP contribution in [0, 0.1) is 13.8 Å². The molecule has 0 unspecified atom stereocenters. The first-order chi connectivity index (χ1) is 9.67. The van der Waals surface area contributed by atoms with Crippen molar-refractivity contribution < 1.29 is 0 Å². The molecular formula is C17H25N3. The van der Waals surface area contributed by atoms with Crippen LogP contribution in [-0.4, -0.2) is 23.4 Å². The third-order valence-electron chi connectivity index (χ3n) is 3.97. The summed E-state index contributed by atoms with van der Waals surface area (Å²) in [5, 5.41) is 7.92. The molecule has 0 aliphatic carbocycles. The summed E-state index contributed by atoms with van der Waals surface area (Å²) >= 11 is 0. The normalized spacial score (nSPS) is 11.0. The lowest BCUT2D eigenvalue weighted by Crippen LogP contribution is -2.13.